The van der Waals surface area contributed by atoms with Gasteiger partial charge in [0.05, 0.1) is 22.2 Å². The van der Waals surface area contributed by atoms with Crippen LogP contribution < -0.4 is 14.4 Å². The molecule has 5 rings (SSSR count). The minimum atomic E-state index is -4.32. The molecule has 0 spiro atoms. The van der Waals surface area contributed by atoms with Gasteiger partial charge in [-0.25, -0.2) is 12.8 Å². The van der Waals surface area contributed by atoms with Crippen molar-refractivity contribution in [2.24, 2.45) is 0 Å². The van der Waals surface area contributed by atoms with E-state index in [0.29, 0.717) is 10.2 Å². The number of anilines is 1. The molecule has 0 aromatic heterocycles. The first-order valence-electron chi connectivity index (χ1n) is 15.9. The number of nitrogens with zero attached hydrogens (tertiary/aromatic N) is 2. The maximum Gasteiger partial charge on any atom is 0.264 e. The van der Waals surface area contributed by atoms with Crippen molar-refractivity contribution in [1.29, 1.82) is 0 Å². The van der Waals surface area contributed by atoms with Crippen molar-refractivity contribution in [3.8, 4) is 5.75 Å². The van der Waals surface area contributed by atoms with Crippen LogP contribution in [0.2, 0.25) is 0 Å². The number of nitrogens with one attached hydrogen (secondary N) is 1. The molecule has 0 radical (unpaired) electrons. The van der Waals surface area contributed by atoms with Crippen LogP contribution in [-0.2, 0) is 32.6 Å². The molecule has 8 nitrogen and oxygen atoms in total. The number of hydrogen-bond acceptors (Lipinski definition) is 5. The summed E-state index contributed by atoms with van der Waals surface area (Å²) in [6.45, 7) is 1.00. The average molecular weight is 737 g/mol. The SMILES string of the molecule is COc1ccc(S(=O)(=O)N(CC(=O)N(Cc2ccccc2F)[C@H](Cc2ccccc2)C(=O)NC2CCCC2)c2ccc(C)cc2)cc1Br. The van der Waals surface area contributed by atoms with Crippen LogP contribution in [0.15, 0.2) is 106 Å². The fraction of sp³-hybridized carbons (Fsp3) is 0.297. The number of aryl methyl sites for hydroxylation is 1. The Bertz CT molecular complexity index is 1830. The highest BCUT2D eigenvalue weighted by molar-refractivity contribution is 9.10. The Labute approximate surface area is 290 Å². The molecular formula is C37H39BrFN3O5S. The van der Waals surface area contributed by atoms with Crippen molar-refractivity contribution in [2.75, 3.05) is 18.0 Å². The maximum absolute atomic E-state index is 15.1. The maximum atomic E-state index is 15.1. The number of carbonyl (C=O) groups excluding carboxylic acids is 2. The number of sulfonamides is 1. The van der Waals surface area contributed by atoms with E-state index in [4.69, 9.17) is 4.74 Å². The minimum absolute atomic E-state index is 0.0286. The number of methoxy groups -OCH3 is 1. The van der Waals surface area contributed by atoms with Crippen molar-refractivity contribution < 1.29 is 27.1 Å². The second-order valence-electron chi connectivity index (χ2n) is 12.0. The quantitative estimate of drug-likeness (QED) is 0.163. The number of benzene rings is 4. The van der Waals surface area contributed by atoms with Crippen LogP contribution in [0.5, 0.6) is 5.75 Å². The summed E-state index contributed by atoms with van der Waals surface area (Å²) in [5.74, 6) is -1.10. The molecule has 1 atom stereocenters. The van der Waals surface area contributed by atoms with Crippen molar-refractivity contribution in [3.05, 3.63) is 124 Å². The molecule has 1 fully saturated rings. The summed E-state index contributed by atoms with van der Waals surface area (Å²) in [6.07, 6.45) is 3.82. The number of halogens is 2. The van der Waals surface area contributed by atoms with Gasteiger partial charge in [-0.2, -0.15) is 0 Å². The lowest BCUT2D eigenvalue weighted by Gasteiger charge is -2.34. The third kappa shape index (κ3) is 8.43. The average Bonchev–Trinajstić information content (AvgIpc) is 3.59. The van der Waals surface area contributed by atoms with Crippen LogP contribution in [-0.4, -0.2) is 50.9 Å². The number of ether oxygens (including phenoxy) is 1. The molecular weight excluding hydrogens is 697 g/mol. The monoisotopic (exact) mass is 735 g/mol. The zero-order valence-electron chi connectivity index (χ0n) is 26.9. The summed E-state index contributed by atoms with van der Waals surface area (Å²) in [4.78, 5) is 30.0. The molecule has 1 aliphatic carbocycles. The van der Waals surface area contributed by atoms with Crippen LogP contribution >= 0.6 is 15.9 Å². The number of amides is 2. The second-order valence-corrected chi connectivity index (χ2v) is 14.7. The van der Waals surface area contributed by atoms with Gasteiger partial charge in [-0.05, 0) is 77.7 Å². The Hall–Kier alpha value is -4.22. The van der Waals surface area contributed by atoms with E-state index < -0.39 is 34.3 Å². The zero-order valence-corrected chi connectivity index (χ0v) is 29.3. The molecule has 0 aliphatic heterocycles. The summed E-state index contributed by atoms with van der Waals surface area (Å²) < 4.78 is 50.5. The molecule has 4 aromatic carbocycles. The fourth-order valence-corrected chi connectivity index (χ4v) is 8.04. The summed E-state index contributed by atoms with van der Waals surface area (Å²) in [5.41, 5.74) is 2.19. The zero-order chi connectivity index (χ0) is 34.3. The van der Waals surface area contributed by atoms with Crippen molar-refractivity contribution in [1.82, 2.24) is 10.2 Å². The van der Waals surface area contributed by atoms with Crippen LogP contribution in [0.3, 0.4) is 0 Å². The van der Waals surface area contributed by atoms with E-state index in [9.17, 15) is 18.0 Å². The summed E-state index contributed by atoms with van der Waals surface area (Å²) >= 11 is 3.37. The van der Waals surface area contributed by atoms with E-state index in [2.05, 4.69) is 21.2 Å². The molecule has 252 valence electrons. The second kappa shape index (κ2) is 15.8. The Morgan fingerprint density at radius 1 is 0.958 bits per heavy atom. The lowest BCUT2D eigenvalue weighted by molar-refractivity contribution is -0.140. The fourth-order valence-electron chi connectivity index (χ4n) is 5.91. The van der Waals surface area contributed by atoms with Crippen molar-refractivity contribution in [2.45, 2.75) is 62.6 Å². The minimum Gasteiger partial charge on any atom is -0.496 e. The van der Waals surface area contributed by atoms with E-state index in [-0.39, 0.29) is 41.1 Å². The Kier molecular flexibility index (Phi) is 11.5. The van der Waals surface area contributed by atoms with E-state index in [1.165, 1.54) is 36.3 Å². The van der Waals surface area contributed by atoms with Gasteiger partial charge in [0.1, 0.15) is 24.2 Å². The predicted octanol–water partition coefficient (Wildman–Crippen LogP) is 6.80. The van der Waals surface area contributed by atoms with Crippen molar-refractivity contribution >= 4 is 43.5 Å². The summed E-state index contributed by atoms with van der Waals surface area (Å²) in [6, 6.07) is 25.5. The lowest BCUT2D eigenvalue weighted by atomic mass is 10.0. The van der Waals surface area contributed by atoms with E-state index in [0.717, 1.165) is 41.1 Å². The highest BCUT2D eigenvalue weighted by Gasteiger charge is 2.36. The lowest BCUT2D eigenvalue weighted by Crippen LogP contribution is -2.54. The predicted molar refractivity (Wildman–Crippen MR) is 188 cm³/mol. The van der Waals surface area contributed by atoms with Gasteiger partial charge in [0.15, 0.2) is 0 Å². The third-order valence-corrected chi connectivity index (χ3v) is 11.0. The molecule has 2 amide bonds. The van der Waals surface area contributed by atoms with Gasteiger partial charge < -0.3 is 15.0 Å². The van der Waals surface area contributed by atoms with Gasteiger partial charge in [0.2, 0.25) is 11.8 Å². The number of rotatable bonds is 13. The Morgan fingerprint density at radius 2 is 1.62 bits per heavy atom. The van der Waals surface area contributed by atoms with Crippen LogP contribution in [0.25, 0.3) is 0 Å². The standard InChI is InChI=1S/C37H39BrFN3O5S/c1-26-16-18-30(19-17-26)42(48(45,46)31-20-21-35(47-2)32(38)23-31)25-36(43)41(24-28-12-6-9-15-33(28)39)34(22-27-10-4-3-5-11-27)37(44)40-29-13-7-8-14-29/h3-6,9-12,15-21,23,29,34H,7-8,13-14,22,24-25H2,1-2H3,(H,40,44)/t34-/m1/s1. The first-order valence-corrected chi connectivity index (χ1v) is 18.1. The molecule has 1 aliphatic rings. The summed E-state index contributed by atoms with van der Waals surface area (Å²) in [7, 11) is -2.85. The van der Waals surface area contributed by atoms with Gasteiger partial charge in [-0.1, -0.05) is 79.1 Å². The Balaban J connectivity index is 1.58. The molecule has 1 saturated carbocycles. The highest BCUT2D eigenvalue weighted by atomic mass is 79.9. The van der Waals surface area contributed by atoms with E-state index in [1.807, 2.05) is 37.3 Å². The first kappa shape index (κ1) is 35.1. The first-order chi connectivity index (χ1) is 23.1. The molecule has 1 N–H and O–H groups in total. The van der Waals surface area contributed by atoms with Gasteiger partial charge in [-0.3, -0.25) is 13.9 Å². The smallest absolute Gasteiger partial charge is 0.264 e. The van der Waals surface area contributed by atoms with Crippen molar-refractivity contribution in [3.63, 3.8) is 0 Å². The molecule has 0 bridgehead atoms. The molecule has 4 aromatic rings. The Morgan fingerprint density at radius 3 is 2.27 bits per heavy atom. The van der Waals surface area contributed by atoms with Crippen LogP contribution in [0.4, 0.5) is 10.1 Å². The molecule has 0 saturated heterocycles. The van der Waals surface area contributed by atoms with Gasteiger partial charge >= 0.3 is 0 Å². The number of carbonyl (C=O) groups is 2. The molecule has 0 heterocycles. The normalized spacial score (nSPS) is 13.9. The van der Waals surface area contributed by atoms with Gasteiger partial charge in [0, 0.05) is 24.6 Å². The molecule has 11 heteroatoms. The third-order valence-electron chi connectivity index (χ3n) is 8.58. The number of hydrogen-bond donors (Lipinski definition) is 1. The van der Waals surface area contributed by atoms with Crippen LogP contribution in [0.1, 0.15) is 42.4 Å². The van der Waals surface area contributed by atoms with E-state index in [1.54, 1.807) is 42.5 Å². The molecule has 48 heavy (non-hydrogen) atoms. The van der Waals surface area contributed by atoms with Gasteiger partial charge in [0.25, 0.3) is 10.0 Å². The summed E-state index contributed by atoms with van der Waals surface area (Å²) in [5, 5.41) is 3.12. The van der Waals surface area contributed by atoms with Gasteiger partial charge in [-0.15, -0.1) is 0 Å². The molecule has 0 unspecified atom stereocenters. The van der Waals surface area contributed by atoms with Crippen LogP contribution in [0, 0.1) is 12.7 Å². The van der Waals surface area contributed by atoms with E-state index >= 15 is 4.39 Å². The largest absolute Gasteiger partial charge is 0.496 e. The highest BCUT2D eigenvalue weighted by Crippen LogP contribution is 2.31. The topological polar surface area (TPSA) is 96.0 Å².